The average Bonchev–Trinajstić information content (AvgIpc) is 2.58. The van der Waals surface area contributed by atoms with Gasteiger partial charge in [0.1, 0.15) is 17.2 Å². The van der Waals surface area contributed by atoms with Crippen molar-refractivity contribution in [3.8, 4) is 5.75 Å². The highest BCUT2D eigenvalue weighted by atomic mass is 35.5. The summed E-state index contributed by atoms with van der Waals surface area (Å²) in [4.78, 5) is 14.7. The van der Waals surface area contributed by atoms with E-state index in [4.69, 9.17) is 16.3 Å². The molecular weight excluding hydrogens is 341 g/mol. The number of hydrogen-bond acceptors (Lipinski definition) is 3. The zero-order chi connectivity index (χ0) is 17.4. The Morgan fingerprint density at radius 2 is 1.92 bits per heavy atom. The molecule has 1 saturated heterocycles. The molecule has 130 valence electrons. The van der Waals surface area contributed by atoms with Gasteiger partial charge in [-0.1, -0.05) is 29.8 Å². The number of likely N-dealkylation sites (tertiary alicyclic amines) is 1. The monoisotopic (exact) mass is 359 g/mol. The summed E-state index contributed by atoms with van der Waals surface area (Å²) in [5.74, 6) is 0.530. The van der Waals surface area contributed by atoms with Crippen molar-refractivity contribution in [3.05, 3.63) is 64.4 Å². The minimum atomic E-state index is -0.458. The molecule has 2 aliphatic rings. The first kappa shape index (κ1) is 16.6. The average molecular weight is 360 g/mol. The lowest BCUT2D eigenvalue weighted by Gasteiger charge is -2.44. The summed E-state index contributed by atoms with van der Waals surface area (Å²) in [5, 5.41) is 0.570. The summed E-state index contributed by atoms with van der Waals surface area (Å²) in [6.07, 6.45) is 1.90. The van der Waals surface area contributed by atoms with Crippen molar-refractivity contribution in [2.24, 2.45) is 0 Å². The van der Waals surface area contributed by atoms with Gasteiger partial charge in [0.2, 0.25) is 0 Å². The molecule has 3 nitrogen and oxygen atoms in total. The van der Waals surface area contributed by atoms with Crippen molar-refractivity contribution in [1.29, 1.82) is 0 Å². The zero-order valence-electron chi connectivity index (χ0n) is 13.8. The molecule has 4 rings (SSSR count). The van der Waals surface area contributed by atoms with E-state index in [1.54, 1.807) is 24.3 Å². The third kappa shape index (κ3) is 3.29. The van der Waals surface area contributed by atoms with Crippen LogP contribution in [0.5, 0.6) is 5.75 Å². The molecule has 0 aromatic heterocycles. The van der Waals surface area contributed by atoms with Gasteiger partial charge in [-0.3, -0.25) is 9.69 Å². The van der Waals surface area contributed by atoms with E-state index in [1.807, 2.05) is 12.1 Å². The number of halogens is 2. The first-order chi connectivity index (χ1) is 12.0. The van der Waals surface area contributed by atoms with Crippen LogP contribution in [0.2, 0.25) is 5.02 Å². The zero-order valence-corrected chi connectivity index (χ0v) is 14.6. The van der Waals surface area contributed by atoms with E-state index in [2.05, 4.69) is 4.90 Å². The summed E-state index contributed by atoms with van der Waals surface area (Å²) < 4.78 is 20.1. The topological polar surface area (TPSA) is 29.5 Å². The number of rotatable bonds is 2. The Hall–Kier alpha value is -1.91. The van der Waals surface area contributed by atoms with Crippen molar-refractivity contribution >= 4 is 17.4 Å². The maximum atomic E-state index is 13.8. The van der Waals surface area contributed by atoms with Crippen molar-refractivity contribution < 1.29 is 13.9 Å². The largest absolute Gasteiger partial charge is 0.486 e. The molecule has 5 heteroatoms. The van der Waals surface area contributed by atoms with Crippen LogP contribution in [-0.4, -0.2) is 29.4 Å². The predicted octanol–water partition coefficient (Wildman–Crippen LogP) is 4.48. The van der Waals surface area contributed by atoms with Crippen molar-refractivity contribution in [1.82, 2.24) is 4.90 Å². The van der Waals surface area contributed by atoms with Gasteiger partial charge in [-0.2, -0.15) is 0 Å². The molecule has 0 radical (unpaired) electrons. The molecule has 0 atom stereocenters. The van der Waals surface area contributed by atoms with Gasteiger partial charge in [0, 0.05) is 43.1 Å². The second-order valence-electron chi connectivity index (χ2n) is 6.89. The van der Waals surface area contributed by atoms with Crippen LogP contribution < -0.4 is 4.74 Å². The molecule has 25 heavy (non-hydrogen) atoms. The third-order valence-corrected chi connectivity index (χ3v) is 5.41. The molecule has 0 unspecified atom stereocenters. The van der Waals surface area contributed by atoms with Crippen LogP contribution >= 0.6 is 11.6 Å². The van der Waals surface area contributed by atoms with Gasteiger partial charge in [0.05, 0.1) is 12.0 Å². The number of fused-ring (bicyclic) bond motifs is 1. The Bertz CT molecular complexity index is 815. The summed E-state index contributed by atoms with van der Waals surface area (Å²) in [6.45, 7) is 2.13. The number of Topliss-reactive ketones (excluding diaryl/α,β-unsaturated/α-hetero) is 1. The fourth-order valence-corrected chi connectivity index (χ4v) is 3.90. The predicted molar refractivity (Wildman–Crippen MR) is 94.7 cm³/mol. The Morgan fingerprint density at radius 1 is 1.16 bits per heavy atom. The van der Waals surface area contributed by atoms with Crippen LogP contribution in [0.15, 0.2) is 42.5 Å². The molecule has 0 bridgehead atoms. The fourth-order valence-electron chi connectivity index (χ4n) is 3.73. The minimum Gasteiger partial charge on any atom is -0.486 e. The number of nitrogens with zero attached hydrogens (tertiary/aromatic N) is 1. The van der Waals surface area contributed by atoms with Crippen LogP contribution in [0, 0.1) is 5.82 Å². The van der Waals surface area contributed by atoms with E-state index >= 15 is 0 Å². The number of carbonyl (C=O) groups excluding carboxylic acids is 1. The number of benzene rings is 2. The standard InChI is InChI=1S/C20H19ClFNO2/c21-15-5-6-16-18(24)12-20(25-19(16)11-15)7-9-23(10-8-20)13-14-3-1-2-4-17(14)22/h1-6,11H,7-10,12-13H2. The molecule has 0 aliphatic carbocycles. The Labute approximate surface area is 151 Å². The van der Waals surface area contributed by atoms with Gasteiger partial charge < -0.3 is 4.74 Å². The number of hydrogen-bond donors (Lipinski definition) is 0. The van der Waals surface area contributed by atoms with Gasteiger partial charge in [-0.05, 0) is 24.3 Å². The van der Waals surface area contributed by atoms with Crippen molar-refractivity contribution in [2.75, 3.05) is 13.1 Å². The fraction of sp³-hybridized carbons (Fsp3) is 0.350. The van der Waals surface area contributed by atoms with Crippen LogP contribution in [0.1, 0.15) is 35.2 Å². The van der Waals surface area contributed by atoms with Crippen LogP contribution in [0.25, 0.3) is 0 Å². The highest BCUT2D eigenvalue weighted by Crippen LogP contribution is 2.40. The lowest BCUT2D eigenvalue weighted by molar-refractivity contribution is -0.0109. The molecule has 2 heterocycles. The van der Waals surface area contributed by atoms with E-state index in [-0.39, 0.29) is 11.6 Å². The molecule has 1 fully saturated rings. The molecular formula is C20H19ClFNO2. The summed E-state index contributed by atoms with van der Waals surface area (Å²) in [7, 11) is 0. The number of carbonyl (C=O) groups is 1. The summed E-state index contributed by atoms with van der Waals surface area (Å²) >= 11 is 6.04. The Morgan fingerprint density at radius 3 is 2.68 bits per heavy atom. The Balaban J connectivity index is 1.46. The van der Waals surface area contributed by atoms with E-state index in [1.165, 1.54) is 6.07 Å². The number of piperidine rings is 1. The second kappa shape index (κ2) is 6.43. The molecule has 2 aliphatic heterocycles. The molecule has 0 saturated carbocycles. The van der Waals surface area contributed by atoms with Crippen LogP contribution in [0.4, 0.5) is 4.39 Å². The number of ketones is 1. The molecule has 2 aromatic carbocycles. The van der Waals surface area contributed by atoms with Gasteiger partial charge in [0.25, 0.3) is 0 Å². The van der Waals surface area contributed by atoms with Crippen LogP contribution in [0.3, 0.4) is 0 Å². The molecule has 2 aromatic rings. The maximum Gasteiger partial charge on any atom is 0.170 e. The maximum absolute atomic E-state index is 13.8. The molecule has 0 N–H and O–H groups in total. The van der Waals surface area contributed by atoms with Gasteiger partial charge in [-0.15, -0.1) is 0 Å². The van der Waals surface area contributed by atoms with E-state index in [0.717, 1.165) is 25.9 Å². The summed E-state index contributed by atoms with van der Waals surface area (Å²) in [5.41, 5.74) is 0.862. The number of ether oxygens (including phenoxy) is 1. The van der Waals surface area contributed by atoms with E-state index in [9.17, 15) is 9.18 Å². The van der Waals surface area contributed by atoms with E-state index in [0.29, 0.717) is 34.9 Å². The second-order valence-corrected chi connectivity index (χ2v) is 7.33. The van der Waals surface area contributed by atoms with Crippen LogP contribution in [-0.2, 0) is 6.54 Å². The first-order valence-electron chi connectivity index (χ1n) is 8.52. The molecule has 1 spiro atoms. The smallest absolute Gasteiger partial charge is 0.170 e. The Kier molecular flexibility index (Phi) is 4.26. The normalized spacial score (nSPS) is 19.5. The van der Waals surface area contributed by atoms with Crippen molar-refractivity contribution in [3.63, 3.8) is 0 Å². The molecule has 0 amide bonds. The highest BCUT2D eigenvalue weighted by Gasteiger charge is 2.42. The third-order valence-electron chi connectivity index (χ3n) is 5.17. The lowest BCUT2D eigenvalue weighted by atomic mass is 9.82. The van der Waals surface area contributed by atoms with Gasteiger partial charge >= 0.3 is 0 Å². The van der Waals surface area contributed by atoms with E-state index < -0.39 is 5.60 Å². The summed E-state index contributed by atoms with van der Waals surface area (Å²) in [6, 6.07) is 12.0. The van der Waals surface area contributed by atoms with Gasteiger partial charge in [-0.25, -0.2) is 4.39 Å². The quantitative estimate of drug-likeness (QED) is 0.791. The van der Waals surface area contributed by atoms with Gasteiger partial charge in [0.15, 0.2) is 5.78 Å². The first-order valence-corrected chi connectivity index (χ1v) is 8.90. The van der Waals surface area contributed by atoms with Crippen molar-refractivity contribution in [2.45, 2.75) is 31.4 Å². The minimum absolute atomic E-state index is 0.112. The SMILES string of the molecule is O=C1CC2(CCN(Cc3ccccc3F)CC2)Oc2cc(Cl)ccc21. The lowest BCUT2D eigenvalue weighted by Crippen LogP contribution is -2.50. The highest BCUT2D eigenvalue weighted by molar-refractivity contribution is 6.30.